The summed E-state index contributed by atoms with van der Waals surface area (Å²) in [5, 5.41) is 0. The van der Waals surface area contributed by atoms with Gasteiger partial charge in [-0.1, -0.05) is 12.1 Å². The quantitative estimate of drug-likeness (QED) is 0.757. The van der Waals surface area contributed by atoms with Crippen molar-refractivity contribution in [1.29, 1.82) is 0 Å². The summed E-state index contributed by atoms with van der Waals surface area (Å²) in [5.74, 6) is 0.448. The zero-order valence-electron chi connectivity index (χ0n) is 9.24. The normalized spacial score (nSPS) is 20.5. The number of benzene rings is 1. The molecule has 0 aliphatic carbocycles. The molecule has 1 aliphatic rings. The Morgan fingerprint density at radius 3 is 2.47 bits per heavy atom. The van der Waals surface area contributed by atoms with E-state index in [2.05, 4.69) is 0 Å². The highest BCUT2D eigenvalue weighted by atomic mass is 19.4. The highest BCUT2D eigenvalue weighted by Crippen LogP contribution is 2.16. The molecular formula is C11H13BF3O2-. The number of hydrogen-bond acceptors (Lipinski definition) is 2. The zero-order chi connectivity index (χ0) is 12.3. The molecule has 17 heavy (non-hydrogen) atoms. The lowest BCUT2D eigenvalue weighted by molar-refractivity contribution is 0.0679. The Hall–Kier alpha value is -1.17. The Morgan fingerprint density at radius 2 is 1.94 bits per heavy atom. The van der Waals surface area contributed by atoms with Crippen molar-refractivity contribution in [2.24, 2.45) is 0 Å². The Balaban J connectivity index is 1.89. The third-order valence-corrected chi connectivity index (χ3v) is 2.72. The van der Waals surface area contributed by atoms with Crippen molar-refractivity contribution in [3.05, 3.63) is 24.3 Å². The van der Waals surface area contributed by atoms with Crippen LogP contribution in [0.15, 0.2) is 24.3 Å². The highest BCUT2D eigenvalue weighted by molar-refractivity contribution is 6.73. The average Bonchev–Trinajstić information content (AvgIpc) is 2.78. The van der Waals surface area contributed by atoms with Crippen molar-refractivity contribution >= 4 is 12.4 Å². The van der Waals surface area contributed by atoms with Crippen LogP contribution in [-0.2, 0) is 4.74 Å². The van der Waals surface area contributed by atoms with Gasteiger partial charge in [0.2, 0.25) is 0 Å². The van der Waals surface area contributed by atoms with Gasteiger partial charge in [-0.05, 0) is 25.0 Å². The van der Waals surface area contributed by atoms with Crippen LogP contribution in [0.5, 0.6) is 5.75 Å². The Morgan fingerprint density at radius 1 is 1.24 bits per heavy atom. The summed E-state index contributed by atoms with van der Waals surface area (Å²) in [6.45, 7) is -3.78. The summed E-state index contributed by atoms with van der Waals surface area (Å²) in [5.41, 5.74) is -0.602. The summed E-state index contributed by atoms with van der Waals surface area (Å²) in [4.78, 5) is 0. The molecule has 1 fully saturated rings. The monoisotopic (exact) mass is 245 g/mol. The van der Waals surface area contributed by atoms with E-state index in [0.717, 1.165) is 31.6 Å². The minimum absolute atomic E-state index is 0.0708. The van der Waals surface area contributed by atoms with Crippen LogP contribution >= 0.6 is 0 Å². The molecule has 0 N–H and O–H groups in total. The fourth-order valence-corrected chi connectivity index (χ4v) is 1.75. The molecule has 0 bridgehead atoms. The molecule has 6 heteroatoms. The molecule has 94 valence electrons. The van der Waals surface area contributed by atoms with Gasteiger partial charge in [-0.15, -0.1) is 5.46 Å². The van der Waals surface area contributed by atoms with Gasteiger partial charge in [0, 0.05) is 6.61 Å². The summed E-state index contributed by atoms with van der Waals surface area (Å²) in [6, 6.07) is 4.79. The van der Waals surface area contributed by atoms with E-state index >= 15 is 0 Å². The van der Waals surface area contributed by atoms with Gasteiger partial charge < -0.3 is 22.4 Å². The van der Waals surface area contributed by atoms with Crippen molar-refractivity contribution in [3.8, 4) is 5.75 Å². The lowest BCUT2D eigenvalue weighted by Crippen LogP contribution is -2.33. The third kappa shape index (κ3) is 3.39. The fraction of sp³-hybridized carbons (Fsp3) is 0.455. The predicted molar refractivity (Wildman–Crippen MR) is 59.6 cm³/mol. The summed E-state index contributed by atoms with van der Waals surface area (Å²) < 4.78 is 47.8. The van der Waals surface area contributed by atoms with Crippen LogP contribution in [0, 0.1) is 0 Å². The van der Waals surface area contributed by atoms with Crippen LogP contribution in [0.25, 0.3) is 0 Å². The second kappa shape index (κ2) is 5.00. The standard InChI is InChI=1S/C11H13BF3O2/c13-12(14,15)9-3-5-10(6-4-9)17-8-11-2-1-7-16-11/h3-6,11H,1-2,7-8H2/q-1. The molecule has 1 aromatic rings. The van der Waals surface area contributed by atoms with E-state index in [9.17, 15) is 12.9 Å². The molecule has 0 saturated carbocycles. The fourth-order valence-electron chi connectivity index (χ4n) is 1.75. The molecule has 2 rings (SSSR count). The SMILES string of the molecule is F[B-](F)(F)c1ccc(OCC2CCCO2)cc1. The van der Waals surface area contributed by atoms with Gasteiger partial charge in [-0.2, -0.15) is 0 Å². The van der Waals surface area contributed by atoms with Crippen LogP contribution in [0.4, 0.5) is 12.9 Å². The van der Waals surface area contributed by atoms with Crippen LogP contribution < -0.4 is 10.2 Å². The molecule has 1 unspecified atom stereocenters. The Kier molecular flexibility index (Phi) is 3.62. The maximum Gasteiger partial charge on any atom is 0.509 e. The first kappa shape index (κ1) is 12.3. The topological polar surface area (TPSA) is 18.5 Å². The molecular weight excluding hydrogens is 232 g/mol. The first-order valence-electron chi connectivity index (χ1n) is 5.60. The summed E-state index contributed by atoms with van der Waals surface area (Å²) in [6.07, 6.45) is 2.04. The zero-order valence-corrected chi connectivity index (χ0v) is 9.24. The van der Waals surface area contributed by atoms with Crippen LogP contribution in [0.1, 0.15) is 12.8 Å². The molecule has 2 nitrogen and oxygen atoms in total. The van der Waals surface area contributed by atoms with Crippen molar-refractivity contribution in [1.82, 2.24) is 0 Å². The lowest BCUT2D eigenvalue weighted by Gasteiger charge is -2.16. The number of halogens is 3. The molecule has 1 atom stereocenters. The van der Waals surface area contributed by atoms with E-state index in [1.54, 1.807) is 0 Å². The van der Waals surface area contributed by atoms with Gasteiger partial charge >= 0.3 is 6.98 Å². The van der Waals surface area contributed by atoms with E-state index in [1.165, 1.54) is 12.1 Å². The van der Waals surface area contributed by atoms with Gasteiger partial charge in [0.15, 0.2) is 0 Å². The molecule has 1 aliphatic heterocycles. The maximum absolute atomic E-state index is 12.4. The largest absolute Gasteiger partial charge is 0.509 e. The van der Waals surface area contributed by atoms with Gasteiger partial charge in [0.1, 0.15) is 12.4 Å². The first-order chi connectivity index (χ1) is 8.05. The van der Waals surface area contributed by atoms with E-state index in [4.69, 9.17) is 9.47 Å². The van der Waals surface area contributed by atoms with Gasteiger partial charge in [0.25, 0.3) is 0 Å². The Labute approximate surface area is 97.8 Å². The van der Waals surface area contributed by atoms with E-state index < -0.39 is 12.4 Å². The van der Waals surface area contributed by atoms with Gasteiger partial charge in [-0.25, -0.2) is 0 Å². The summed E-state index contributed by atoms with van der Waals surface area (Å²) in [7, 11) is 0. The molecule has 1 aromatic carbocycles. The smallest absolute Gasteiger partial charge is 0.491 e. The van der Waals surface area contributed by atoms with Crippen molar-refractivity contribution in [3.63, 3.8) is 0 Å². The number of ether oxygens (including phenoxy) is 2. The van der Waals surface area contributed by atoms with Crippen LogP contribution in [-0.4, -0.2) is 26.3 Å². The van der Waals surface area contributed by atoms with Crippen LogP contribution in [0.3, 0.4) is 0 Å². The Bertz CT molecular complexity index is 358. The molecule has 0 amide bonds. The van der Waals surface area contributed by atoms with Crippen molar-refractivity contribution in [2.45, 2.75) is 18.9 Å². The highest BCUT2D eigenvalue weighted by Gasteiger charge is 2.25. The van der Waals surface area contributed by atoms with E-state index in [0.29, 0.717) is 12.4 Å². The maximum atomic E-state index is 12.4. The second-order valence-electron chi connectivity index (χ2n) is 4.09. The van der Waals surface area contributed by atoms with E-state index in [-0.39, 0.29) is 6.10 Å². The van der Waals surface area contributed by atoms with Gasteiger partial charge in [-0.3, -0.25) is 0 Å². The van der Waals surface area contributed by atoms with Crippen molar-refractivity contribution < 1.29 is 22.4 Å². The first-order valence-corrected chi connectivity index (χ1v) is 5.60. The molecule has 0 radical (unpaired) electrons. The van der Waals surface area contributed by atoms with Crippen molar-refractivity contribution in [2.75, 3.05) is 13.2 Å². The van der Waals surface area contributed by atoms with E-state index in [1.807, 2.05) is 0 Å². The van der Waals surface area contributed by atoms with Gasteiger partial charge in [0.05, 0.1) is 6.10 Å². The number of rotatable bonds is 4. The number of hydrogen-bond donors (Lipinski definition) is 0. The molecule has 1 saturated heterocycles. The predicted octanol–water partition coefficient (Wildman–Crippen LogP) is 2.30. The lowest BCUT2D eigenvalue weighted by atomic mass is 9.80. The third-order valence-electron chi connectivity index (χ3n) is 2.72. The second-order valence-corrected chi connectivity index (χ2v) is 4.09. The molecule has 1 heterocycles. The summed E-state index contributed by atoms with van der Waals surface area (Å²) >= 11 is 0. The average molecular weight is 245 g/mol. The molecule has 0 aromatic heterocycles. The minimum Gasteiger partial charge on any atom is -0.491 e. The van der Waals surface area contributed by atoms with Crippen LogP contribution in [0.2, 0.25) is 0 Å². The molecule has 0 spiro atoms. The minimum atomic E-state index is -4.92.